The SMILES string of the molecule is C[C@@H]1CN(C)C[C@@H]1NC(=O)c1cc(C2CC2)on1. The van der Waals surface area contributed by atoms with Crippen molar-refractivity contribution in [2.45, 2.75) is 31.7 Å². The lowest BCUT2D eigenvalue weighted by Crippen LogP contribution is -2.39. The molecule has 0 radical (unpaired) electrons. The standard InChI is InChI=1S/C13H19N3O2/c1-8-6-16(2)7-11(8)14-13(17)10-5-12(18-15-10)9-3-4-9/h5,8-9,11H,3-4,6-7H2,1-2H3,(H,14,17)/t8-,11+/m1/s1. The molecule has 1 saturated heterocycles. The average molecular weight is 249 g/mol. The molecule has 0 spiro atoms. The van der Waals surface area contributed by atoms with Gasteiger partial charge in [0.25, 0.3) is 5.91 Å². The second-order valence-electron chi connectivity index (χ2n) is 5.67. The highest BCUT2D eigenvalue weighted by Gasteiger charge is 2.31. The van der Waals surface area contributed by atoms with Gasteiger partial charge in [0, 0.05) is 31.1 Å². The highest BCUT2D eigenvalue weighted by atomic mass is 16.5. The number of hydrogen-bond acceptors (Lipinski definition) is 4. The van der Waals surface area contributed by atoms with Crippen LogP contribution in [0.3, 0.4) is 0 Å². The van der Waals surface area contributed by atoms with E-state index in [9.17, 15) is 4.79 Å². The molecule has 98 valence electrons. The van der Waals surface area contributed by atoms with Crippen LogP contribution < -0.4 is 5.32 Å². The lowest BCUT2D eigenvalue weighted by Gasteiger charge is -2.15. The van der Waals surface area contributed by atoms with E-state index in [1.807, 2.05) is 0 Å². The summed E-state index contributed by atoms with van der Waals surface area (Å²) in [6.07, 6.45) is 2.31. The van der Waals surface area contributed by atoms with E-state index in [2.05, 4.69) is 29.3 Å². The molecule has 5 heteroatoms. The fourth-order valence-electron chi connectivity index (χ4n) is 2.60. The van der Waals surface area contributed by atoms with Gasteiger partial charge in [-0.3, -0.25) is 4.79 Å². The zero-order valence-corrected chi connectivity index (χ0v) is 10.8. The summed E-state index contributed by atoms with van der Waals surface area (Å²) in [6.45, 7) is 4.09. The van der Waals surface area contributed by atoms with Crippen molar-refractivity contribution in [1.29, 1.82) is 0 Å². The number of rotatable bonds is 3. The smallest absolute Gasteiger partial charge is 0.273 e. The number of carbonyl (C=O) groups is 1. The van der Waals surface area contributed by atoms with Crippen molar-refractivity contribution >= 4 is 5.91 Å². The van der Waals surface area contributed by atoms with E-state index in [0.717, 1.165) is 31.7 Å². The second-order valence-corrected chi connectivity index (χ2v) is 5.67. The third-order valence-electron chi connectivity index (χ3n) is 3.85. The van der Waals surface area contributed by atoms with Gasteiger partial charge in [0.15, 0.2) is 5.69 Å². The van der Waals surface area contributed by atoms with Crippen LogP contribution in [0.2, 0.25) is 0 Å². The van der Waals surface area contributed by atoms with Crippen LogP contribution in [0.5, 0.6) is 0 Å². The summed E-state index contributed by atoms with van der Waals surface area (Å²) in [4.78, 5) is 14.3. The zero-order chi connectivity index (χ0) is 12.7. The molecule has 3 rings (SSSR count). The van der Waals surface area contributed by atoms with Crippen molar-refractivity contribution in [1.82, 2.24) is 15.4 Å². The van der Waals surface area contributed by atoms with Crippen LogP contribution in [0.1, 0.15) is 41.9 Å². The van der Waals surface area contributed by atoms with Gasteiger partial charge in [-0.1, -0.05) is 12.1 Å². The molecule has 2 atom stereocenters. The van der Waals surface area contributed by atoms with Crippen LogP contribution in [0, 0.1) is 5.92 Å². The van der Waals surface area contributed by atoms with Gasteiger partial charge in [-0.05, 0) is 25.8 Å². The van der Waals surface area contributed by atoms with Gasteiger partial charge in [-0.25, -0.2) is 0 Å². The summed E-state index contributed by atoms with van der Waals surface area (Å²) >= 11 is 0. The number of nitrogens with one attached hydrogen (secondary N) is 1. The predicted molar refractivity (Wildman–Crippen MR) is 66.4 cm³/mol. The second kappa shape index (κ2) is 4.39. The molecule has 1 aliphatic carbocycles. The van der Waals surface area contributed by atoms with Gasteiger partial charge in [-0.15, -0.1) is 0 Å². The summed E-state index contributed by atoms with van der Waals surface area (Å²) in [5.41, 5.74) is 0.415. The molecule has 5 nitrogen and oxygen atoms in total. The van der Waals surface area contributed by atoms with Gasteiger partial charge >= 0.3 is 0 Å². The molecule has 1 aromatic rings. The summed E-state index contributed by atoms with van der Waals surface area (Å²) in [5, 5.41) is 6.91. The Morgan fingerprint density at radius 2 is 2.28 bits per heavy atom. The summed E-state index contributed by atoms with van der Waals surface area (Å²) in [5.74, 6) is 1.72. The maximum Gasteiger partial charge on any atom is 0.273 e. The first-order chi connectivity index (χ1) is 8.63. The van der Waals surface area contributed by atoms with Crippen LogP contribution in [0.15, 0.2) is 10.6 Å². The van der Waals surface area contributed by atoms with Crippen LogP contribution in [-0.2, 0) is 0 Å². The highest BCUT2D eigenvalue weighted by molar-refractivity contribution is 5.92. The monoisotopic (exact) mass is 249 g/mol. The minimum Gasteiger partial charge on any atom is -0.360 e. The van der Waals surface area contributed by atoms with Crippen molar-refractivity contribution in [3.63, 3.8) is 0 Å². The maximum atomic E-state index is 12.1. The Morgan fingerprint density at radius 1 is 1.50 bits per heavy atom. The molecule has 1 amide bonds. The van der Waals surface area contributed by atoms with Crippen molar-refractivity contribution < 1.29 is 9.32 Å². The topological polar surface area (TPSA) is 58.4 Å². The Labute approximate surface area is 107 Å². The van der Waals surface area contributed by atoms with Gasteiger partial charge in [0.05, 0.1) is 0 Å². The first-order valence-corrected chi connectivity index (χ1v) is 6.59. The Balaban J connectivity index is 1.63. The Kier molecular flexibility index (Phi) is 2.86. The molecule has 18 heavy (non-hydrogen) atoms. The van der Waals surface area contributed by atoms with E-state index in [-0.39, 0.29) is 11.9 Å². The normalized spacial score (nSPS) is 28.6. The minimum atomic E-state index is -0.113. The summed E-state index contributed by atoms with van der Waals surface area (Å²) in [7, 11) is 2.07. The maximum absolute atomic E-state index is 12.1. The van der Waals surface area contributed by atoms with E-state index in [1.54, 1.807) is 6.07 Å². The lowest BCUT2D eigenvalue weighted by molar-refractivity contribution is 0.0922. The molecule has 0 bridgehead atoms. The summed E-state index contributed by atoms with van der Waals surface area (Å²) < 4.78 is 5.20. The summed E-state index contributed by atoms with van der Waals surface area (Å²) in [6, 6.07) is 2.00. The van der Waals surface area contributed by atoms with Crippen LogP contribution in [0.25, 0.3) is 0 Å². The van der Waals surface area contributed by atoms with E-state index in [0.29, 0.717) is 17.5 Å². The molecule has 1 aromatic heterocycles. The molecule has 2 heterocycles. The molecular formula is C13H19N3O2. The Morgan fingerprint density at radius 3 is 2.89 bits per heavy atom. The molecule has 1 N–H and O–H groups in total. The fourth-order valence-corrected chi connectivity index (χ4v) is 2.60. The molecule has 2 aliphatic rings. The molecular weight excluding hydrogens is 230 g/mol. The number of likely N-dealkylation sites (N-methyl/N-ethyl adjacent to an activating group) is 1. The number of likely N-dealkylation sites (tertiary alicyclic amines) is 1. The first kappa shape index (κ1) is 11.7. The zero-order valence-electron chi connectivity index (χ0n) is 10.8. The van der Waals surface area contributed by atoms with Crippen molar-refractivity contribution in [3.05, 3.63) is 17.5 Å². The molecule has 0 aromatic carbocycles. The molecule has 0 unspecified atom stereocenters. The van der Waals surface area contributed by atoms with E-state index in [1.165, 1.54) is 0 Å². The Hall–Kier alpha value is -1.36. The van der Waals surface area contributed by atoms with E-state index < -0.39 is 0 Å². The van der Waals surface area contributed by atoms with Crippen LogP contribution in [0.4, 0.5) is 0 Å². The van der Waals surface area contributed by atoms with E-state index in [4.69, 9.17) is 4.52 Å². The van der Waals surface area contributed by atoms with Crippen molar-refractivity contribution in [2.24, 2.45) is 5.92 Å². The molecule has 1 aliphatic heterocycles. The quantitative estimate of drug-likeness (QED) is 0.875. The Bertz CT molecular complexity index is 453. The number of amides is 1. The fraction of sp³-hybridized carbons (Fsp3) is 0.692. The highest BCUT2D eigenvalue weighted by Crippen LogP contribution is 2.40. The van der Waals surface area contributed by atoms with E-state index >= 15 is 0 Å². The number of carbonyl (C=O) groups excluding carboxylic acids is 1. The van der Waals surface area contributed by atoms with Gasteiger partial charge in [0.1, 0.15) is 5.76 Å². The third kappa shape index (κ3) is 2.27. The molecule has 1 saturated carbocycles. The average Bonchev–Trinajstić information content (AvgIpc) is 2.96. The lowest BCUT2D eigenvalue weighted by atomic mass is 10.1. The predicted octanol–water partition coefficient (Wildman–Crippen LogP) is 1.23. The number of aromatic nitrogens is 1. The van der Waals surface area contributed by atoms with Gasteiger partial charge < -0.3 is 14.7 Å². The van der Waals surface area contributed by atoms with Crippen LogP contribution in [-0.4, -0.2) is 42.1 Å². The van der Waals surface area contributed by atoms with Gasteiger partial charge in [0.2, 0.25) is 0 Å². The largest absolute Gasteiger partial charge is 0.360 e. The third-order valence-corrected chi connectivity index (χ3v) is 3.85. The number of hydrogen-bond donors (Lipinski definition) is 1. The first-order valence-electron chi connectivity index (χ1n) is 6.59. The minimum absolute atomic E-state index is 0.113. The number of nitrogens with zero attached hydrogens (tertiary/aromatic N) is 2. The van der Waals surface area contributed by atoms with Crippen LogP contribution >= 0.6 is 0 Å². The van der Waals surface area contributed by atoms with Gasteiger partial charge in [-0.2, -0.15) is 0 Å². The molecule has 2 fully saturated rings. The van der Waals surface area contributed by atoms with Crippen molar-refractivity contribution in [2.75, 3.05) is 20.1 Å². The van der Waals surface area contributed by atoms with Crippen molar-refractivity contribution in [3.8, 4) is 0 Å².